The van der Waals surface area contributed by atoms with Gasteiger partial charge in [0.15, 0.2) is 0 Å². The van der Waals surface area contributed by atoms with Crippen LogP contribution in [0.2, 0.25) is 0 Å². The van der Waals surface area contributed by atoms with Crippen molar-refractivity contribution < 1.29 is 23.8 Å². The summed E-state index contributed by atoms with van der Waals surface area (Å²) in [7, 11) is 1.63. The third-order valence-electron chi connectivity index (χ3n) is 6.81. The van der Waals surface area contributed by atoms with Gasteiger partial charge in [0.25, 0.3) is 5.91 Å². The number of hydrogen-bond acceptors (Lipinski definition) is 5. The van der Waals surface area contributed by atoms with Gasteiger partial charge in [-0.1, -0.05) is 19.1 Å². The van der Waals surface area contributed by atoms with Crippen molar-refractivity contribution in [2.24, 2.45) is 5.92 Å². The van der Waals surface area contributed by atoms with Crippen LogP contribution in [0.3, 0.4) is 0 Å². The first-order valence-corrected chi connectivity index (χ1v) is 12.3. The summed E-state index contributed by atoms with van der Waals surface area (Å²) in [6.07, 6.45) is 6.45. The maximum Gasteiger partial charge on any atom is 0.321 e. The van der Waals surface area contributed by atoms with E-state index in [-0.39, 0.29) is 30.9 Å². The standard InChI is InChI=1S/C27H33FN4O4/c1-17-14-32(18(2)16-33)26(34)23-11-20(19-7-4-5-8-19)13-29-25(23)36-24(17)15-31(3)27(35)30-22-10-6-9-21(28)12-22/h6-7,9-13,17-18,24,33H,4-5,8,14-16H2,1-3H3,(H,30,35)/t17-,18-,24+/m0/s1. The summed E-state index contributed by atoms with van der Waals surface area (Å²) in [5.41, 5.74) is 2.77. The number of pyridine rings is 1. The lowest BCUT2D eigenvalue weighted by Crippen LogP contribution is -2.50. The fourth-order valence-electron chi connectivity index (χ4n) is 4.57. The van der Waals surface area contributed by atoms with Crippen LogP contribution in [0.5, 0.6) is 5.88 Å². The van der Waals surface area contributed by atoms with E-state index >= 15 is 0 Å². The Balaban J connectivity index is 1.59. The molecule has 1 aliphatic carbocycles. The molecule has 1 aromatic carbocycles. The minimum atomic E-state index is -0.474. The van der Waals surface area contributed by atoms with Crippen molar-refractivity contribution in [3.63, 3.8) is 0 Å². The molecule has 36 heavy (non-hydrogen) atoms. The van der Waals surface area contributed by atoms with Crippen molar-refractivity contribution in [3.8, 4) is 5.88 Å². The van der Waals surface area contributed by atoms with Crippen molar-refractivity contribution in [2.75, 3.05) is 32.1 Å². The molecule has 3 amide bonds. The summed E-state index contributed by atoms with van der Waals surface area (Å²) in [5, 5.41) is 12.5. The van der Waals surface area contributed by atoms with E-state index in [2.05, 4.69) is 16.4 Å². The summed E-state index contributed by atoms with van der Waals surface area (Å²) in [6, 6.07) is 6.72. The van der Waals surface area contributed by atoms with Gasteiger partial charge in [0.1, 0.15) is 17.5 Å². The number of hydrogen-bond donors (Lipinski definition) is 2. The predicted octanol–water partition coefficient (Wildman–Crippen LogP) is 4.17. The molecule has 0 radical (unpaired) electrons. The van der Waals surface area contributed by atoms with Gasteiger partial charge in [-0.3, -0.25) is 4.79 Å². The summed E-state index contributed by atoms with van der Waals surface area (Å²) in [4.78, 5) is 34.0. The average Bonchev–Trinajstić information content (AvgIpc) is 3.40. The minimum absolute atomic E-state index is 0.167. The Morgan fingerprint density at radius 1 is 1.39 bits per heavy atom. The highest BCUT2D eigenvalue weighted by Crippen LogP contribution is 2.32. The van der Waals surface area contributed by atoms with Gasteiger partial charge in [0, 0.05) is 31.4 Å². The molecule has 1 aromatic heterocycles. The molecule has 0 fully saturated rings. The third kappa shape index (κ3) is 5.67. The molecule has 2 aliphatic rings. The number of urea groups is 1. The molecule has 0 spiro atoms. The second kappa shape index (κ2) is 11.1. The van der Waals surface area contributed by atoms with Gasteiger partial charge in [-0.05, 0) is 61.6 Å². The van der Waals surface area contributed by atoms with Crippen LogP contribution in [-0.2, 0) is 0 Å². The van der Waals surface area contributed by atoms with Crippen molar-refractivity contribution in [1.82, 2.24) is 14.8 Å². The van der Waals surface area contributed by atoms with Gasteiger partial charge in [-0.15, -0.1) is 0 Å². The van der Waals surface area contributed by atoms with Crippen LogP contribution in [0.4, 0.5) is 14.9 Å². The van der Waals surface area contributed by atoms with E-state index < -0.39 is 24.0 Å². The number of anilines is 1. The Bertz CT molecular complexity index is 1150. The highest BCUT2D eigenvalue weighted by Gasteiger charge is 2.35. The molecule has 9 heteroatoms. The van der Waals surface area contributed by atoms with E-state index in [0.717, 1.165) is 24.8 Å². The number of aromatic nitrogens is 1. The number of fused-ring (bicyclic) bond motifs is 1. The molecular formula is C27H33FN4O4. The Hall–Kier alpha value is -3.46. The number of nitrogens with zero attached hydrogens (tertiary/aromatic N) is 3. The van der Waals surface area contributed by atoms with E-state index in [1.54, 1.807) is 31.1 Å². The lowest BCUT2D eigenvalue weighted by Gasteiger charge is -2.37. The Morgan fingerprint density at radius 2 is 2.19 bits per heavy atom. The quantitative estimate of drug-likeness (QED) is 0.626. The van der Waals surface area contributed by atoms with Gasteiger partial charge in [0.2, 0.25) is 5.88 Å². The number of aliphatic hydroxyl groups excluding tert-OH is 1. The first kappa shape index (κ1) is 25.6. The summed E-state index contributed by atoms with van der Waals surface area (Å²) in [6.45, 7) is 4.13. The number of rotatable bonds is 6. The Labute approximate surface area is 210 Å². The van der Waals surface area contributed by atoms with Crippen LogP contribution in [0.1, 0.15) is 49.0 Å². The predicted molar refractivity (Wildman–Crippen MR) is 135 cm³/mol. The van der Waals surface area contributed by atoms with Crippen LogP contribution in [0.25, 0.3) is 5.57 Å². The summed E-state index contributed by atoms with van der Waals surface area (Å²) < 4.78 is 19.8. The molecule has 192 valence electrons. The Morgan fingerprint density at radius 3 is 2.89 bits per heavy atom. The minimum Gasteiger partial charge on any atom is -0.472 e. The van der Waals surface area contributed by atoms with Gasteiger partial charge in [0.05, 0.1) is 19.2 Å². The van der Waals surface area contributed by atoms with E-state index in [0.29, 0.717) is 17.8 Å². The Kier molecular flexibility index (Phi) is 7.88. The van der Waals surface area contributed by atoms with Gasteiger partial charge < -0.3 is 25.0 Å². The number of benzene rings is 1. The van der Waals surface area contributed by atoms with Gasteiger partial charge >= 0.3 is 6.03 Å². The van der Waals surface area contributed by atoms with Crippen molar-refractivity contribution in [2.45, 2.75) is 45.3 Å². The maximum atomic E-state index is 13.5. The van der Waals surface area contributed by atoms with E-state index in [1.165, 1.54) is 28.7 Å². The topological polar surface area (TPSA) is 95.0 Å². The molecule has 0 unspecified atom stereocenters. The molecule has 0 saturated heterocycles. The zero-order valence-corrected chi connectivity index (χ0v) is 20.9. The lowest BCUT2D eigenvalue weighted by atomic mass is 9.99. The molecule has 2 N–H and O–H groups in total. The second-order valence-electron chi connectivity index (χ2n) is 9.64. The molecule has 1 aliphatic heterocycles. The zero-order chi connectivity index (χ0) is 25.8. The maximum absolute atomic E-state index is 13.5. The van der Waals surface area contributed by atoms with Gasteiger partial charge in [-0.2, -0.15) is 0 Å². The van der Waals surface area contributed by atoms with Crippen LogP contribution in [0, 0.1) is 11.7 Å². The average molecular weight is 497 g/mol. The molecule has 8 nitrogen and oxygen atoms in total. The van der Waals surface area contributed by atoms with Crippen LogP contribution in [-0.4, -0.2) is 70.7 Å². The largest absolute Gasteiger partial charge is 0.472 e. The SMILES string of the molecule is C[C@H]1CN([C@@H](C)CO)C(=O)c2cc(C3=CCCC3)cnc2O[C@@H]1CN(C)C(=O)Nc1cccc(F)c1. The second-order valence-corrected chi connectivity index (χ2v) is 9.64. The fraction of sp³-hybridized carbons (Fsp3) is 0.444. The number of amides is 3. The monoisotopic (exact) mass is 496 g/mol. The van der Waals surface area contributed by atoms with Gasteiger partial charge in [-0.25, -0.2) is 14.2 Å². The van der Waals surface area contributed by atoms with Crippen molar-refractivity contribution in [1.29, 1.82) is 0 Å². The van der Waals surface area contributed by atoms with E-state index in [9.17, 15) is 19.1 Å². The number of halogens is 1. The van der Waals surface area contributed by atoms with Crippen LogP contribution in [0.15, 0.2) is 42.6 Å². The number of nitrogens with one attached hydrogen (secondary N) is 1. The molecular weight excluding hydrogens is 463 g/mol. The number of likely N-dealkylation sites (N-methyl/N-ethyl adjacent to an activating group) is 1. The molecule has 2 heterocycles. The first-order valence-electron chi connectivity index (χ1n) is 12.3. The summed E-state index contributed by atoms with van der Waals surface area (Å²) in [5.74, 6) is -0.625. The lowest BCUT2D eigenvalue weighted by molar-refractivity contribution is 0.0356. The molecule has 4 rings (SSSR count). The highest BCUT2D eigenvalue weighted by molar-refractivity contribution is 5.97. The first-order chi connectivity index (χ1) is 17.3. The molecule has 0 bridgehead atoms. The van der Waals surface area contributed by atoms with E-state index in [4.69, 9.17) is 4.74 Å². The zero-order valence-electron chi connectivity index (χ0n) is 20.9. The van der Waals surface area contributed by atoms with Crippen molar-refractivity contribution >= 4 is 23.2 Å². The van der Waals surface area contributed by atoms with Crippen molar-refractivity contribution in [3.05, 3.63) is 59.5 Å². The molecule has 2 aromatic rings. The molecule has 3 atom stereocenters. The number of ether oxygens (including phenoxy) is 1. The number of carbonyl (C=O) groups excluding carboxylic acids is 2. The highest BCUT2D eigenvalue weighted by atomic mass is 19.1. The van der Waals surface area contributed by atoms with E-state index in [1.807, 2.05) is 13.0 Å². The summed E-state index contributed by atoms with van der Waals surface area (Å²) >= 11 is 0. The number of carbonyl (C=O) groups is 2. The molecule has 0 saturated carbocycles. The fourth-order valence-corrected chi connectivity index (χ4v) is 4.57. The smallest absolute Gasteiger partial charge is 0.321 e. The number of aliphatic hydroxyl groups is 1. The van der Waals surface area contributed by atoms with Crippen LogP contribution >= 0.6 is 0 Å². The third-order valence-corrected chi connectivity index (χ3v) is 6.81. The normalized spacial score (nSPS) is 20.5. The van der Waals surface area contributed by atoms with Crippen LogP contribution < -0.4 is 10.1 Å². The number of allylic oxidation sites excluding steroid dienone is 2.